The second-order valence-electron chi connectivity index (χ2n) is 22.1. The van der Waals surface area contributed by atoms with Gasteiger partial charge in [-0.1, -0.05) is 83.1 Å². The second-order valence-corrected chi connectivity index (χ2v) is 22.1. The summed E-state index contributed by atoms with van der Waals surface area (Å²) in [5.41, 5.74) is -0.788. The molecule has 0 radical (unpaired) electrons. The van der Waals surface area contributed by atoms with Gasteiger partial charge in [0.2, 0.25) is 53.2 Å². The van der Waals surface area contributed by atoms with E-state index in [4.69, 9.17) is 9.47 Å². The van der Waals surface area contributed by atoms with E-state index in [2.05, 4.69) is 47.9 Å². The van der Waals surface area contributed by atoms with Gasteiger partial charge in [-0.2, -0.15) is 0 Å². The Balaban J connectivity index is 2.85. The van der Waals surface area contributed by atoms with E-state index in [1.165, 1.54) is 12.0 Å². The van der Waals surface area contributed by atoms with Crippen LogP contribution in [0.25, 0.3) is 0 Å². The molecular weight excluding hydrogens is 961 g/mol. The Morgan fingerprint density at radius 2 is 0.986 bits per heavy atom. The molecule has 0 aromatic rings. The number of carbonyl (C=O) groups excluding carboxylic acids is 11. The van der Waals surface area contributed by atoms with Crippen molar-refractivity contribution in [3.05, 3.63) is 0 Å². The van der Waals surface area contributed by atoms with Crippen molar-refractivity contribution < 1.29 is 62.2 Å². The standard InChI is InChI=1S/C51H90N10O13/c1-27(2)24-33(43(65)52-21-19-36(62)57-40(30(7)8)47(69)60-42(32(11)12)49(71)73-16)55-38(64)26-54-45(67)35-18-17-23-61(35)48(70)41(31(9)10)58-37(63)20-22-53-46(68)39(29(5)6)59-44(66)34(25-28(3)4)56-50(72)74-51(13,14)15/h27-35,39-42H,17-26H2,1-16H3,(H,52,65)(H,53,68)(H,54,67)(H,55,64)(H,56,72)(H,57,62)(H,58,63)(H,59,66)(H,60,69)/t33-,34-,35+,39-,40-,41-,42-/m0/s1. The van der Waals surface area contributed by atoms with Gasteiger partial charge in [-0.25, -0.2) is 9.59 Å². The largest absolute Gasteiger partial charge is 0.467 e. The average molecular weight is 1050 g/mol. The van der Waals surface area contributed by atoms with Gasteiger partial charge in [0, 0.05) is 32.5 Å². The van der Waals surface area contributed by atoms with E-state index in [1.807, 2.05) is 27.7 Å². The number of likely N-dealkylation sites (tertiary alicyclic amines) is 1. The van der Waals surface area contributed by atoms with Crippen LogP contribution in [0, 0.1) is 35.5 Å². The van der Waals surface area contributed by atoms with E-state index < -0.39 is 126 Å². The SMILES string of the molecule is COC(=O)[C@@H](NC(=O)[C@@H](NC(=O)CCNC(=O)[C@H](CC(C)C)NC(=O)CNC(=O)[C@H]1CCCN1C(=O)[C@@H](NC(=O)CCNC(=O)[C@@H](NC(=O)[C@H](CC(C)C)NC(=O)OC(C)(C)C)C(C)C)C(C)C)C(C)C)C(C)C. The molecule has 422 valence electrons. The summed E-state index contributed by atoms with van der Waals surface area (Å²) in [6.45, 7) is 26.0. The molecule has 0 spiro atoms. The van der Waals surface area contributed by atoms with Gasteiger partial charge in [-0.15, -0.1) is 0 Å². The lowest BCUT2D eigenvalue weighted by Gasteiger charge is -2.30. The van der Waals surface area contributed by atoms with Gasteiger partial charge < -0.3 is 62.2 Å². The van der Waals surface area contributed by atoms with Gasteiger partial charge in [0.1, 0.15) is 47.9 Å². The van der Waals surface area contributed by atoms with Crippen LogP contribution in [0.5, 0.6) is 0 Å². The minimum atomic E-state index is -1.03. The van der Waals surface area contributed by atoms with Crippen LogP contribution in [0.15, 0.2) is 0 Å². The summed E-state index contributed by atoms with van der Waals surface area (Å²) in [7, 11) is 1.22. The molecule has 1 aliphatic rings. The molecule has 9 N–H and O–H groups in total. The summed E-state index contributed by atoms with van der Waals surface area (Å²) in [5.74, 6) is -7.08. The number of hydrogen-bond donors (Lipinski definition) is 9. The van der Waals surface area contributed by atoms with E-state index in [9.17, 15) is 52.7 Å². The quantitative estimate of drug-likeness (QED) is 0.0478. The topological polar surface area (TPSA) is 318 Å². The maximum absolute atomic E-state index is 13.9. The number of methoxy groups -OCH3 is 1. The Bertz CT molecular complexity index is 1930. The normalized spacial score (nSPS) is 16.1. The lowest BCUT2D eigenvalue weighted by Crippen LogP contribution is -2.57. The Morgan fingerprint density at radius 1 is 0.527 bits per heavy atom. The molecule has 23 heteroatoms. The highest BCUT2D eigenvalue weighted by Crippen LogP contribution is 2.21. The Labute approximate surface area is 438 Å². The highest BCUT2D eigenvalue weighted by atomic mass is 16.6. The monoisotopic (exact) mass is 1050 g/mol. The van der Waals surface area contributed by atoms with Crippen LogP contribution in [0.4, 0.5) is 4.79 Å². The van der Waals surface area contributed by atoms with Gasteiger partial charge in [-0.05, 0) is 82.0 Å². The van der Waals surface area contributed by atoms with Crippen molar-refractivity contribution in [3.63, 3.8) is 0 Å². The zero-order valence-corrected chi connectivity index (χ0v) is 46.8. The fourth-order valence-electron chi connectivity index (χ4n) is 7.90. The molecule has 0 aromatic carbocycles. The molecule has 10 amide bonds. The molecule has 1 rings (SSSR count). The molecule has 0 aromatic heterocycles. The van der Waals surface area contributed by atoms with E-state index in [0.29, 0.717) is 12.8 Å². The smallest absolute Gasteiger partial charge is 0.408 e. The fraction of sp³-hybridized carbons (Fsp3) is 0.784. The predicted octanol–water partition coefficient (Wildman–Crippen LogP) is 1.31. The van der Waals surface area contributed by atoms with Gasteiger partial charge in [0.05, 0.1) is 13.7 Å². The maximum Gasteiger partial charge on any atom is 0.408 e. The Morgan fingerprint density at radius 3 is 1.46 bits per heavy atom. The molecule has 74 heavy (non-hydrogen) atoms. The number of amides is 10. The zero-order chi connectivity index (χ0) is 56.8. The first-order valence-corrected chi connectivity index (χ1v) is 26.0. The third-order valence-electron chi connectivity index (χ3n) is 11.8. The number of alkyl carbamates (subject to hydrolysis) is 1. The van der Waals surface area contributed by atoms with E-state index >= 15 is 0 Å². The number of esters is 1. The lowest BCUT2D eigenvalue weighted by atomic mass is 10.00. The third kappa shape index (κ3) is 23.9. The van der Waals surface area contributed by atoms with Gasteiger partial charge in [0.25, 0.3) is 0 Å². The molecule has 0 bridgehead atoms. The van der Waals surface area contributed by atoms with Crippen LogP contribution < -0.4 is 47.9 Å². The molecule has 0 saturated carbocycles. The summed E-state index contributed by atoms with van der Waals surface area (Å²) >= 11 is 0. The summed E-state index contributed by atoms with van der Waals surface area (Å²) in [5, 5.41) is 23.9. The second kappa shape index (κ2) is 31.6. The minimum absolute atomic E-state index is 0.0235. The Hall–Kier alpha value is -6.03. The van der Waals surface area contributed by atoms with Crippen LogP contribution >= 0.6 is 0 Å². The van der Waals surface area contributed by atoms with Crippen molar-refractivity contribution in [3.8, 4) is 0 Å². The van der Waals surface area contributed by atoms with Crippen molar-refractivity contribution in [1.82, 2.24) is 52.8 Å². The van der Waals surface area contributed by atoms with Crippen LogP contribution in [-0.4, -0.2) is 151 Å². The molecular formula is C51H90N10O13. The molecule has 1 saturated heterocycles. The Kier molecular flexibility index (Phi) is 28.2. The van der Waals surface area contributed by atoms with E-state index in [1.54, 1.807) is 76.2 Å². The minimum Gasteiger partial charge on any atom is -0.467 e. The number of ether oxygens (including phenoxy) is 2. The first-order chi connectivity index (χ1) is 34.3. The molecule has 23 nitrogen and oxygen atoms in total. The van der Waals surface area contributed by atoms with Gasteiger partial charge in [-0.3, -0.25) is 43.2 Å². The number of rotatable bonds is 29. The highest BCUT2D eigenvalue weighted by molar-refractivity contribution is 5.96. The van der Waals surface area contributed by atoms with Crippen molar-refractivity contribution in [2.24, 2.45) is 35.5 Å². The maximum atomic E-state index is 13.9. The summed E-state index contributed by atoms with van der Waals surface area (Å²) in [4.78, 5) is 146. The first kappa shape index (κ1) is 66.0. The molecule has 0 aliphatic carbocycles. The molecule has 1 fully saturated rings. The van der Waals surface area contributed by atoms with Crippen LogP contribution in [0.3, 0.4) is 0 Å². The molecule has 0 unspecified atom stereocenters. The number of carbonyl (C=O) groups is 11. The van der Waals surface area contributed by atoms with E-state index in [0.717, 1.165) is 0 Å². The van der Waals surface area contributed by atoms with Crippen molar-refractivity contribution in [2.75, 3.05) is 33.3 Å². The number of nitrogens with one attached hydrogen (secondary N) is 9. The average Bonchev–Trinajstić information content (AvgIpc) is 3.78. The van der Waals surface area contributed by atoms with Crippen molar-refractivity contribution in [1.29, 1.82) is 0 Å². The summed E-state index contributed by atoms with van der Waals surface area (Å²) in [6.07, 6.45) is 0.134. The highest BCUT2D eigenvalue weighted by Gasteiger charge is 2.39. The van der Waals surface area contributed by atoms with Gasteiger partial charge in [0.15, 0.2) is 0 Å². The number of hydrogen-bond acceptors (Lipinski definition) is 13. The lowest BCUT2D eigenvalue weighted by molar-refractivity contribution is -0.146. The van der Waals surface area contributed by atoms with Crippen LogP contribution in [0.1, 0.15) is 142 Å². The first-order valence-electron chi connectivity index (χ1n) is 26.0. The number of nitrogens with zero attached hydrogens (tertiary/aromatic N) is 1. The fourth-order valence-corrected chi connectivity index (χ4v) is 7.90. The molecule has 1 aliphatic heterocycles. The predicted molar refractivity (Wildman–Crippen MR) is 276 cm³/mol. The summed E-state index contributed by atoms with van der Waals surface area (Å²) < 4.78 is 10.1. The zero-order valence-electron chi connectivity index (χ0n) is 46.8. The van der Waals surface area contributed by atoms with Crippen LogP contribution in [0.2, 0.25) is 0 Å². The van der Waals surface area contributed by atoms with Crippen molar-refractivity contribution in [2.45, 2.75) is 190 Å². The van der Waals surface area contributed by atoms with Crippen molar-refractivity contribution >= 4 is 65.2 Å². The molecule has 7 atom stereocenters. The van der Waals surface area contributed by atoms with Gasteiger partial charge >= 0.3 is 12.1 Å². The molecule has 1 heterocycles. The third-order valence-corrected chi connectivity index (χ3v) is 11.8. The van der Waals surface area contributed by atoms with E-state index in [-0.39, 0.29) is 74.9 Å². The summed E-state index contributed by atoms with van der Waals surface area (Å²) in [6, 6.07) is -6.84. The van der Waals surface area contributed by atoms with Crippen LogP contribution in [-0.2, 0) is 57.4 Å².